The highest BCUT2D eigenvalue weighted by molar-refractivity contribution is 5.11. The lowest BCUT2D eigenvalue weighted by Crippen LogP contribution is -2.71. The van der Waals surface area contributed by atoms with E-state index < -0.39 is 35.5 Å². The molecule has 0 aliphatic rings. The quantitative estimate of drug-likeness (QED) is 0.243. The Bertz CT molecular complexity index is 302. The summed E-state index contributed by atoms with van der Waals surface area (Å²) in [4.78, 5) is 0. The lowest BCUT2D eigenvalue weighted by atomic mass is 9.65. The summed E-state index contributed by atoms with van der Waals surface area (Å²) in [5.41, 5.74) is 10.4. The predicted octanol–water partition coefficient (Wildman–Crippen LogP) is -0.945. The lowest BCUT2D eigenvalue weighted by Gasteiger charge is -2.52. The van der Waals surface area contributed by atoms with E-state index in [1.165, 1.54) is 0 Å². The molecule has 0 bridgehead atoms. The molecule has 0 spiro atoms. The van der Waals surface area contributed by atoms with Gasteiger partial charge in [0.2, 0.25) is 0 Å². The van der Waals surface area contributed by atoms with Crippen molar-refractivity contribution >= 4 is 0 Å². The van der Waals surface area contributed by atoms with Gasteiger partial charge in [-0.15, -0.1) is 0 Å². The van der Waals surface area contributed by atoms with Crippen LogP contribution in [0.25, 0.3) is 0 Å². The summed E-state index contributed by atoms with van der Waals surface area (Å²) in [6.07, 6.45) is -1.65. The number of nitrogens with one attached hydrogen (secondary N) is 1. The molecule has 9 N–H and O–H groups in total. The minimum absolute atomic E-state index is 0.231. The summed E-state index contributed by atoms with van der Waals surface area (Å²) in [7, 11) is 0. The maximum Gasteiger partial charge on any atom is 0.0530 e. The Labute approximate surface area is 140 Å². The predicted molar refractivity (Wildman–Crippen MR) is 91.9 cm³/mol. The monoisotopic (exact) mass is 335 g/mol. The van der Waals surface area contributed by atoms with Gasteiger partial charge in [-0.2, -0.15) is 0 Å². The van der Waals surface area contributed by atoms with E-state index in [0.29, 0.717) is 13.1 Å². The van der Waals surface area contributed by atoms with Crippen LogP contribution in [-0.2, 0) is 0 Å². The molecule has 4 unspecified atom stereocenters. The lowest BCUT2D eigenvalue weighted by molar-refractivity contribution is -0.00507. The number of aliphatic hydroxyl groups is 4. The summed E-state index contributed by atoms with van der Waals surface area (Å²) < 4.78 is 0. The average molecular weight is 335 g/mol. The van der Waals surface area contributed by atoms with E-state index in [1.54, 1.807) is 27.7 Å². The molecule has 0 aliphatic heterocycles. The summed E-state index contributed by atoms with van der Waals surface area (Å²) in [6, 6.07) is 0. The molecule has 7 heteroatoms. The Balaban J connectivity index is 5.90. The first-order chi connectivity index (χ1) is 10.5. The zero-order chi connectivity index (χ0) is 18.3. The Kier molecular flexibility index (Phi) is 9.76. The van der Waals surface area contributed by atoms with Gasteiger partial charge in [0.15, 0.2) is 0 Å². The molecule has 0 rings (SSSR count). The van der Waals surface area contributed by atoms with E-state index in [9.17, 15) is 20.4 Å². The van der Waals surface area contributed by atoms with Crippen LogP contribution in [0.15, 0.2) is 0 Å². The third kappa shape index (κ3) is 7.43. The number of hydrogen-bond acceptors (Lipinski definition) is 7. The highest BCUT2D eigenvalue weighted by Crippen LogP contribution is 2.37. The van der Waals surface area contributed by atoms with Crippen molar-refractivity contribution < 1.29 is 20.4 Å². The number of rotatable bonds is 12. The van der Waals surface area contributed by atoms with Gasteiger partial charge in [-0.3, -0.25) is 0 Å². The fourth-order valence-electron chi connectivity index (χ4n) is 3.66. The molecule has 0 aliphatic carbocycles. The zero-order valence-corrected chi connectivity index (χ0v) is 15.0. The van der Waals surface area contributed by atoms with Gasteiger partial charge in [-0.25, -0.2) is 0 Å². The molecule has 0 radical (unpaired) electrons. The second kappa shape index (κ2) is 9.88. The molecular weight excluding hydrogens is 298 g/mol. The van der Waals surface area contributed by atoms with Gasteiger partial charge in [0.1, 0.15) is 0 Å². The molecule has 0 saturated carbocycles. The molecule has 0 aromatic carbocycles. The van der Waals surface area contributed by atoms with Crippen LogP contribution in [-0.4, -0.2) is 69.0 Å². The second-order valence-corrected chi connectivity index (χ2v) is 7.17. The van der Waals surface area contributed by atoms with Crippen molar-refractivity contribution in [1.82, 2.24) is 5.32 Å². The van der Waals surface area contributed by atoms with Crippen LogP contribution < -0.4 is 16.8 Å². The molecule has 0 saturated heterocycles. The van der Waals surface area contributed by atoms with Crippen molar-refractivity contribution in [3.05, 3.63) is 0 Å². The Hall–Kier alpha value is -0.280. The minimum Gasteiger partial charge on any atom is -0.393 e. The van der Waals surface area contributed by atoms with Crippen LogP contribution in [0.5, 0.6) is 0 Å². The smallest absolute Gasteiger partial charge is 0.0530 e. The number of nitrogens with two attached hydrogens (primary N) is 2. The fraction of sp³-hybridized carbons (Fsp3) is 1.00. The van der Waals surface area contributed by atoms with E-state index >= 15 is 0 Å². The molecular formula is C16H37N3O4. The maximum absolute atomic E-state index is 10.00. The SMILES string of the molecule is CC(O)CC(N)(CC(C)O)C(CC(C)O)(CC(C)O)NCCN. The van der Waals surface area contributed by atoms with Gasteiger partial charge in [-0.05, 0) is 53.4 Å². The van der Waals surface area contributed by atoms with Gasteiger partial charge < -0.3 is 37.2 Å². The average Bonchev–Trinajstić information content (AvgIpc) is 2.32. The van der Waals surface area contributed by atoms with Gasteiger partial charge in [0.25, 0.3) is 0 Å². The van der Waals surface area contributed by atoms with Crippen molar-refractivity contribution in [3.63, 3.8) is 0 Å². The highest BCUT2D eigenvalue weighted by atomic mass is 16.3. The van der Waals surface area contributed by atoms with Crippen LogP contribution in [0.3, 0.4) is 0 Å². The van der Waals surface area contributed by atoms with Crippen LogP contribution in [0, 0.1) is 0 Å². The third-order valence-corrected chi connectivity index (χ3v) is 4.17. The van der Waals surface area contributed by atoms with Crippen LogP contribution in [0.2, 0.25) is 0 Å². The van der Waals surface area contributed by atoms with Gasteiger partial charge in [-0.1, -0.05) is 0 Å². The summed E-state index contributed by atoms with van der Waals surface area (Å²) in [5, 5.41) is 43.1. The van der Waals surface area contributed by atoms with Crippen LogP contribution in [0.4, 0.5) is 0 Å². The molecule has 0 heterocycles. The van der Waals surface area contributed by atoms with Crippen molar-refractivity contribution in [3.8, 4) is 0 Å². The Morgan fingerprint density at radius 1 is 0.783 bits per heavy atom. The fourth-order valence-corrected chi connectivity index (χ4v) is 3.66. The van der Waals surface area contributed by atoms with Crippen LogP contribution in [0.1, 0.15) is 53.4 Å². The van der Waals surface area contributed by atoms with E-state index in [4.69, 9.17) is 11.5 Å². The first kappa shape index (κ1) is 22.7. The highest BCUT2D eigenvalue weighted by Gasteiger charge is 2.50. The van der Waals surface area contributed by atoms with Gasteiger partial charge in [0, 0.05) is 24.2 Å². The Morgan fingerprint density at radius 3 is 1.39 bits per heavy atom. The largest absolute Gasteiger partial charge is 0.393 e. The van der Waals surface area contributed by atoms with E-state index in [1.807, 2.05) is 0 Å². The van der Waals surface area contributed by atoms with Crippen molar-refractivity contribution in [2.75, 3.05) is 13.1 Å². The van der Waals surface area contributed by atoms with Crippen molar-refractivity contribution in [1.29, 1.82) is 0 Å². The minimum atomic E-state index is -1.02. The summed E-state index contributed by atoms with van der Waals surface area (Å²) >= 11 is 0. The number of aliphatic hydroxyl groups excluding tert-OH is 4. The molecule has 7 nitrogen and oxygen atoms in total. The molecule has 0 amide bonds. The van der Waals surface area contributed by atoms with E-state index in [2.05, 4.69) is 5.32 Å². The second-order valence-electron chi connectivity index (χ2n) is 7.17. The standard InChI is InChI=1S/C16H37N3O4/c1-11(20)7-15(18,8-12(2)21)16(9-13(3)22,10-14(4)23)19-6-5-17/h11-14,19-23H,5-10,17-18H2,1-4H3. The van der Waals surface area contributed by atoms with Crippen LogP contribution >= 0.6 is 0 Å². The topological polar surface area (TPSA) is 145 Å². The van der Waals surface area contributed by atoms with Gasteiger partial charge >= 0.3 is 0 Å². The summed E-state index contributed by atoms with van der Waals surface area (Å²) in [5.74, 6) is 0. The Morgan fingerprint density at radius 2 is 1.13 bits per heavy atom. The zero-order valence-electron chi connectivity index (χ0n) is 15.0. The maximum atomic E-state index is 10.00. The molecule has 0 fully saturated rings. The molecule has 0 aromatic rings. The van der Waals surface area contributed by atoms with E-state index in [-0.39, 0.29) is 25.7 Å². The molecule has 140 valence electrons. The van der Waals surface area contributed by atoms with Gasteiger partial charge in [0.05, 0.1) is 24.4 Å². The first-order valence-corrected chi connectivity index (χ1v) is 8.44. The van der Waals surface area contributed by atoms with Crippen molar-refractivity contribution in [2.45, 2.75) is 88.9 Å². The number of hydrogen-bond donors (Lipinski definition) is 7. The molecule has 4 atom stereocenters. The normalized spacial score (nSPS) is 22.7. The molecule has 23 heavy (non-hydrogen) atoms. The third-order valence-electron chi connectivity index (χ3n) is 4.17. The van der Waals surface area contributed by atoms with Crippen molar-refractivity contribution in [2.24, 2.45) is 11.5 Å². The van der Waals surface area contributed by atoms with E-state index in [0.717, 1.165) is 0 Å². The first-order valence-electron chi connectivity index (χ1n) is 8.44. The molecule has 0 aromatic heterocycles. The summed E-state index contributed by atoms with van der Waals surface area (Å²) in [6.45, 7) is 7.43.